The monoisotopic (exact) mass is 518 g/mol. The van der Waals surface area contributed by atoms with E-state index in [0.29, 0.717) is 61.5 Å². The maximum Gasteiger partial charge on any atom is 0.409 e. The maximum atomic E-state index is 11.9. The molecule has 1 fully saturated rings. The molecule has 0 radical (unpaired) electrons. The standard InChI is InChI=1S/C23H24BrClN4O3/c1-3-11-29-19-14-18(25)20(15-5-7-16(24)8-6-15)26-21(19)27-22(29)32-17-9-12-28(13-10-17)23(30)31-4-2/h3,5-8,14,17H,1,4,9-13H2,2H3. The highest BCUT2D eigenvalue weighted by Crippen LogP contribution is 2.32. The molecule has 4 rings (SSSR count). The van der Waals surface area contributed by atoms with Crippen molar-refractivity contribution in [2.75, 3.05) is 19.7 Å². The van der Waals surface area contributed by atoms with Gasteiger partial charge in [0.25, 0.3) is 6.01 Å². The summed E-state index contributed by atoms with van der Waals surface area (Å²) in [5, 5.41) is 0.541. The van der Waals surface area contributed by atoms with Crippen molar-refractivity contribution in [2.45, 2.75) is 32.4 Å². The predicted octanol–water partition coefficient (Wildman–Crippen LogP) is 5.70. The van der Waals surface area contributed by atoms with Crippen LogP contribution in [0.15, 0.2) is 47.5 Å². The van der Waals surface area contributed by atoms with Crippen molar-refractivity contribution in [1.82, 2.24) is 19.4 Å². The molecule has 32 heavy (non-hydrogen) atoms. The van der Waals surface area contributed by atoms with Gasteiger partial charge in [-0.3, -0.25) is 4.57 Å². The summed E-state index contributed by atoms with van der Waals surface area (Å²) < 4.78 is 14.2. The van der Waals surface area contributed by atoms with E-state index in [1.165, 1.54) is 0 Å². The third-order valence-electron chi connectivity index (χ3n) is 5.33. The van der Waals surface area contributed by atoms with Gasteiger partial charge in [0, 0.05) is 42.5 Å². The number of aromatic nitrogens is 3. The van der Waals surface area contributed by atoms with E-state index in [0.717, 1.165) is 15.6 Å². The number of ether oxygens (including phenoxy) is 2. The summed E-state index contributed by atoms with van der Waals surface area (Å²) in [7, 11) is 0. The molecule has 2 aromatic heterocycles. The quantitative estimate of drug-likeness (QED) is 0.391. The smallest absolute Gasteiger partial charge is 0.409 e. The highest BCUT2D eigenvalue weighted by atomic mass is 79.9. The molecule has 1 aliphatic heterocycles. The van der Waals surface area contributed by atoms with Crippen LogP contribution in [-0.4, -0.2) is 51.3 Å². The zero-order valence-electron chi connectivity index (χ0n) is 17.8. The first-order valence-electron chi connectivity index (χ1n) is 10.5. The van der Waals surface area contributed by atoms with Gasteiger partial charge in [-0.15, -0.1) is 6.58 Å². The molecule has 1 saturated heterocycles. The molecule has 7 nitrogen and oxygen atoms in total. The Morgan fingerprint density at radius 1 is 1.28 bits per heavy atom. The summed E-state index contributed by atoms with van der Waals surface area (Å²) in [4.78, 5) is 23.0. The average molecular weight is 520 g/mol. The van der Waals surface area contributed by atoms with Crippen LogP contribution in [0.4, 0.5) is 4.79 Å². The molecule has 3 heterocycles. The van der Waals surface area contributed by atoms with Crippen molar-refractivity contribution < 1.29 is 14.3 Å². The number of carbonyl (C=O) groups is 1. The van der Waals surface area contributed by atoms with E-state index in [4.69, 9.17) is 26.1 Å². The van der Waals surface area contributed by atoms with Gasteiger partial charge in [-0.05, 0) is 25.1 Å². The topological polar surface area (TPSA) is 69.5 Å². The number of amides is 1. The fourth-order valence-corrected chi connectivity index (χ4v) is 4.25. The first-order valence-corrected chi connectivity index (χ1v) is 11.7. The van der Waals surface area contributed by atoms with Crippen LogP contribution in [0.5, 0.6) is 6.01 Å². The van der Waals surface area contributed by atoms with E-state index in [-0.39, 0.29) is 12.2 Å². The molecule has 0 bridgehead atoms. The van der Waals surface area contributed by atoms with Crippen LogP contribution in [0.2, 0.25) is 5.02 Å². The second kappa shape index (κ2) is 9.92. The second-order valence-corrected chi connectivity index (χ2v) is 8.79. The Hall–Kier alpha value is -2.58. The maximum absolute atomic E-state index is 11.9. The highest BCUT2D eigenvalue weighted by molar-refractivity contribution is 9.10. The summed E-state index contributed by atoms with van der Waals surface area (Å²) in [6.07, 6.45) is 2.86. The molecule has 1 aliphatic rings. The van der Waals surface area contributed by atoms with Crippen LogP contribution in [0.3, 0.4) is 0 Å². The van der Waals surface area contributed by atoms with Crippen LogP contribution in [0, 0.1) is 0 Å². The van der Waals surface area contributed by atoms with Crippen LogP contribution in [0.25, 0.3) is 22.4 Å². The number of allylic oxidation sites excluding steroid dienone is 1. The molecule has 9 heteroatoms. The van der Waals surface area contributed by atoms with E-state index in [1.807, 2.05) is 34.9 Å². The normalized spacial score (nSPS) is 14.5. The number of fused-ring (bicyclic) bond motifs is 1. The Morgan fingerprint density at radius 2 is 2.00 bits per heavy atom. The van der Waals surface area contributed by atoms with E-state index < -0.39 is 0 Å². The number of imidazole rings is 1. The number of hydrogen-bond acceptors (Lipinski definition) is 5. The molecule has 0 atom stereocenters. The molecule has 0 N–H and O–H groups in total. The SMILES string of the molecule is C=CCn1c(OC2CCN(C(=O)OCC)CC2)nc2nc(-c3ccc(Br)cc3)c(Cl)cc21. The number of hydrogen-bond donors (Lipinski definition) is 0. The molecular formula is C23H24BrClN4O3. The third-order valence-corrected chi connectivity index (χ3v) is 6.15. The lowest BCUT2D eigenvalue weighted by Gasteiger charge is -2.31. The summed E-state index contributed by atoms with van der Waals surface area (Å²) in [5.74, 6) is 0. The average Bonchev–Trinajstić information content (AvgIpc) is 3.11. The van der Waals surface area contributed by atoms with Crippen molar-refractivity contribution in [3.63, 3.8) is 0 Å². The van der Waals surface area contributed by atoms with Gasteiger partial charge in [-0.25, -0.2) is 9.78 Å². The molecule has 0 aliphatic carbocycles. The van der Waals surface area contributed by atoms with Crippen LogP contribution < -0.4 is 4.74 Å². The van der Waals surface area contributed by atoms with Crippen molar-refractivity contribution in [3.8, 4) is 17.3 Å². The molecule has 0 spiro atoms. The van der Waals surface area contributed by atoms with Gasteiger partial charge < -0.3 is 14.4 Å². The van der Waals surface area contributed by atoms with Gasteiger partial charge in [0.2, 0.25) is 0 Å². The van der Waals surface area contributed by atoms with E-state index in [1.54, 1.807) is 17.9 Å². The Morgan fingerprint density at radius 3 is 2.66 bits per heavy atom. The number of piperidine rings is 1. The first-order chi connectivity index (χ1) is 15.5. The molecule has 3 aromatic rings. The Bertz CT molecular complexity index is 1120. The summed E-state index contributed by atoms with van der Waals surface area (Å²) in [5.41, 5.74) is 2.93. The zero-order valence-corrected chi connectivity index (χ0v) is 20.1. The van der Waals surface area contributed by atoms with Crippen molar-refractivity contribution in [3.05, 3.63) is 52.5 Å². The van der Waals surface area contributed by atoms with Gasteiger partial charge in [0.15, 0.2) is 5.65 Å². The van der Waals surface area contributed by atoms with Gasteiger partial charge in [0.05, 0.1) is 22.8 Å². The van der Waals surface area contributed by atoms with Crippen LogP contribution >= 0.6 is 27.5 Å². The number of rotatable bonds is 6. The lowest BCUT2D eigenvalue weighted by Crippen LogP contribution is -2.42. The minimum absolute atomic E-state index is 0.0533. The Labute approximate surface area is 200 Å². The number of pyridine rings is 1. The fraction of sp³-hybridized carbons (Fsp3) is 0.348. The zero-order chi connectivity index (χ0) is 22.7. The van der Waals surface area contributed by atoms with Gasteiger partial charge in [-0.2, -0.15) is 4.98 Å². The Kier molecular flexibility index (Phi) is 7.01. The van der Waals surface area contributed by atoms with E-state index in [9.17, 15) is 4.79 Å². The van der Waals surface area contributed by atoms with Crippen LogP contribution in [-0.2, 0) is 11.3 Å². The number of nitrogens with zero attached hydrogens (tertiary/aromatic N) is 4. The van der Waals surface area contributed by atoms with Gasteiger partial charge in [0.1, 0.15) is 6.10 Å². The summed E-state index contributed by atoms with van der Waals surface area (Å²) in [6, 6.07) is 10.2. The number of halogens is 2. The molecular weight excluding hydrogens is 496 g/mol. The van der Waals surface area contributed by atoms with E-state index in [2.05, 4.69) is 27.5 Å². The summed E-state index contributed by atoms with van der Waals surface area (Å²) in [6.45, 7) is 7.72. The molecule has 1 aromatic carbocycles. The van der Waals surface area contributed by atoms with Crippen molar-refractivity contribution >= 4 is 44.8 Å². The molecule has 0 unspecified atom stereocenters. The Balaban J connectivity index is 1.59. The second-order valence-electron chi connectivity index (χ2n) is 7.47. The largest absolute Gasteiger partial charge is 0.461 e. The molecule has 1 amide bonds. The lowest BCUT2D eigenvalue weighted by molar-refractivity contribution is 0.0659. The fourth-order valence-electron chi connectivity index (χ4n) is 3.73. The summed E-state index contributed by atoms with van der Waals surface area (Å²) >= 11 is 10.0. The van der Waals surface area contributed by atoms with Crippen LogP contribution in [0.1, 0.15) is 19.8 Å². The predicted molar refractivity (Wildman–Crippen MR) is 128 cm³/mol. The van der Waals surface area contributed by atoms with Gasteiger partial charge in [-0.1, -0.05) is 45.7 Å². The molecule has 168 valence electrons. The van der Waals surface area contributed by atoms with Crippen molar-refractivity contribution in [2.24, 2.45) is 0 Å². The minimum Gasteiger partial charge on any atom is -0.461 e. The minimum atomic E-state index is -0.274. The first kappa shape index (κ1) is 22.6. The lowest BCUT2D eigenvalue weighted by atomic mass is 10.1. The van der Waals surface area contributed by atoms with Crippen molar-refractivity contribution in [1.29, 1.82) is 0 Å². The number of likely N-dealkylation sites (tertiary alicyclic amines) is 1. The molecule has 0 saturated carbocycles. The van der Waals surface area contributed by atoms with E-state index >= 15 is 0 Å². The third kappa shape index (κ3) is 4.76. The number of carbonyl (C=O) groups excluding carboxylic acids is 1. The van der Waals surface area contributed by atoms with Gasteiger partial charge >= 0.3 is 6.09 Å². The highest BCUT2D eigenvalue weighted by Gasteiger charge is 2.26. The number of benzene rings is 1.